The minimum absolute atomic E-state index is 0.149. The number of piperidine rings is 2. The quantitative estimate of drug-likeness (QED) is 0.598. The van der Waals surface area contributed by atoms with E-state index >= 15 is 0 Å². The van der Waals surface area contributed by atoms with Crippen LogP contribution in [0.2, 0.25) is 0 Å². The van der Waals surface area contributed by atoms with Gasteiger partial charge in [-0.1, -0.05) is 33.8 Å². The second kappa shape index (κ2) is 7.90. The zero-order chi connectivity index (χ0) is 20.8. The number of H-pyrrole nitrogens is 1. The van der Waals surface area contributed by atoms with Gasteiger partial charge >= 0.3 is 0 Å². The number of nitrogens with zero attached hydrogens (tertiary/aromatic N) is 1. The van der Waals surface area contributed by atoms with E-state index in [2.05, 4.69) is 49.8 Å². The molecule has 0 spiro atoms. The number of amides is 1. The molecule has 1 N–H and O–H groups in total. The minimum Gasteiger partial charge on any atom is -0.425 e. The Kier molecular flexibility index (Phi) is 5.62. The van der Waals surface area contributed by atoms with Gasteiger partial charge in [0.1, 0.15) is 5.75 Å². The van der Waals surface area contributed by atoms with Crippen molar-refractivity contribution in [3.63, 3.8) is 0 Å². The average molecular weight is 415 g/mol. The number of carbonyl (C=O) groups is 1. The lowest BCUT2D eigenvalue weighted by molar-refractivity contribution is -0.146. The predicted molar refractivity (Wildman–Crippen MR) is 121 cm³/mol. The maximum absolute atomic E-state index is 13.5. The van der Waals surface area contributed by atoms with Crippen LogP contribution in [0.25, 0.3) is 10.9 Å². The maximum atomic E-state index is 13.5. The Morgan fingerprint density at radius 1 is 1.31 bits per heavy atom. The molecule has 2 bridgehead atoms. The van der Waals surface area contributed by atoms with Crippen molar-refractivity contribution < 1.29 is 8.98 Å². The van der Waals surface area contributed by atoms with Crippen molar-refractivity contribution in [3.8, 4) is 5.75 Å². The highest BCUT2D eigenvalue weighted by atomic mass is 32.2. The number of nitrogens with one attached hydrogen (secondary N) is 1. The third-order valence-electron chi connectivity index (χ3n) is 6.88. The lowest BCUT2D eigenvalue weighted by atomic mass is 9.68. The molecule has 4 rings (SSSR count). The molecule has 0 radical (unpaired) electrons. The number of aromatic nitrogens is 1. The molecule has 5 heteroatoms. The molecule has 3 atom stereocenters. The molecule has 4 nitrogen and oxygen atoms in total. The van der Waals surface area contributed by atoms with Crippen LogP contribution in [0.4, 0.5) is 0 Å². The summed E-state index contributed by atoms with van der Waals surface area (Å²) in [5, 5.41) is 1.11. The highest BCUT2D eigenvalue weighted by Gasteiger charge is 2.45. The summed E-state index contributed by atoms with van der Waals surface area (Å²) in [6.45, 7) is 9.25. The van der Waals surface area contributed by atoms with E-state index in [0.29, 0.717) is 29.8 Å². The molecule has 2 aromatic rings. The normalized spacial score (nSPS) is 27.1. The van der Waals surface area contributed by atoms with Crippen LogP contribution in [0.15, 0.2) is 24.4 Å². The number of hydrogen-bond acceptors (Lipinski definition) is 3. The Morgan fingerprint density at radius 2 is 2.00 bits per heavy atom. The van der Waals surface area contributed by atoms with E-state index in [-0.39, 0.29) is 5.92 Å². The van der Waals surface area contributed by atoms with Gasteiger partial charge in [-0.25, -0.2) is 0 Å². The SMILES string of the molecule is CSOc1cccc2[nH]cc(C(C)CC(=O)N3C4CC(C)CC3CC(C)(C)C4)c12. The fourth-order valence-electron chi connectivity index (χ4n) is 5.88. The molecule has 158 valence electrons. The predicted octanol–water partition coefficient (Wildman–Crippen LogP) is 6.13. The van der Waals surface area contributed by atoms with Crippen LogP contribution in [0, 0.1) is 11.3 Å². The van der Waals surface area contributed by atoms with Crippen molar-refractivity contribution in [2.45, 2.75) is 77.8 Å². The van der Waals surface area contributed by atoms with Crippen molar-refractivity contribution in [2.75, 3.05) is 6.26 Å². The van der Waals surface area contributed by atoms with E-state index in [4.69, 9.17) is 4.18 Å². The molecule has 2 saturated heterocycles. The first-order valence-corrected chi connectivity index (χ1v) is 12.1. The summed E-state index contributed by atoms with van der Waals surface area (Å²) in [7, 11) is 0. The van der Waals surface area contributed by atoms with Gasteiger partial charge in [-0.2, -0.15) is 0 Å². The van der Waals surface area contributed by atoms with Crippen molar-refractivity contribution in [2.24, 2.45) is 11.3 Å². The van der Waals surface area contributed by atoms with E-state index in [1.165, 1.54) is 17.6 Å². The highest BCUT2D eigenvalue weighted by Crippen LogP contribution is 2.46. The number of aromatic amines is 1. The lowest BCUT2D eigenvalue weighted by Gasteiger charge is -2.53. The largest absolute Gasteiger partial charge is 0.425 e. The number of fused-ring (bicyclic) bond motifs is 3. The van der Waals surface area contributed by atoms with E-state index in [1.807, 2.05) is 18.4 Å². The second-order valence-electron chi connectivity index (χ2n) is 10.0. The molecular weight excluding hydrogens is 380 g/mol. The first-order chi connectivity index (χ1) is 13.8. The van der Waals surface area contributed by atoms with Crippen LogP contribution in [0.5, 0.6) is 5.75 Å². The van der Waals surface area contributed by atoms with Gasteiger partial charge in [0, 0.05) is 41.9 Å². The van der Waals surface area contributed by atoms with Gasteiger partial charge < -0.3 is 14.1 Å². The fourth-order valence-corrected chi connectivity index (χ4v) is 6.20. The molecule has 2 fully saturated rings. The summed E-state index contributed by atoms with van der Waals surface area (Å²) in [5.41, 5.74) is 2.59. The Bertz CT molecular complexity index is 872. The van der Waals surface area contributed by atoms with Crippen molar-refractivity contribution in [1.29, 1.82) is 0 Å². The Labute approximate surface area is 179 Å². The van der Waals surface area contributed by atoms with Gasteiger partial charge in [0.25, 0.3) is 0 Å². The van der Waals surface area contributed by atoms with Gasteiger partial charge in [0.05, 0.1) is 12.0 Å². The Hall–Kier alpha value is -1.62. The van der Waals surface area contributed by atoms with Crippen molar-refractivity contribution >= 4 is 28.9 Å². The van der Waals surface area contributed by atoms with Gasteiger partial charge in [0.2, 0.25) is 5.91 Å². The third kappa shape index (κ3) is 4.03. The number of hydrogen-bond donors (Lipinski definition) is 1. The van der Waals surface area contributed by atoms with Gasteiger partial charge in [-0.05, 0) is 60.6 Å². The summed E-state index contributed by atoms with van der Waals surface area (Å²) in [4.78, 5) is 19.1. The van der Waals surface area contributed by atoms with E-state index in [9.17, 15) is 4.79 Å². The number of rotatable bonds is 5. The molecule has 29 heavy (non-hydrogen) atoms. The summed E-state index contributed by atoms with van der Waals surface area (Å²) in [6, 6.07) is 6.89. The van der Waals surface area contributed by atoms with Crippen LogP contribution in [-0.4, -0.2) is 34.1 Å². The zero-order valence-electron chi connectivity index (χ0n) is 18.3. The molecule has 1 aromatic carbocycles. The minimum atomic E-state index is 0.149. The second-order valence-corrected chi connectivity index (χ2v) is 10.5. The summed E-state index contributed by atoms with van der Waals surface area (Å²) >= 11 is 1.35. The molecular formula is C24H34N2O2S. The van der Waals surface area contributed by atoms with Crippen LogP contribution >= 0.6 is 12.0 Å². The summed E-state index contributed by atoms with van der Waals surface area (Å²) < 4.78 is 5.79. The Balaban J connectivity index is 1.55. The van der Waals surface area contributed by atoms with Gasteiger partial charge in [-0.15, -0.1) is 0 Å². The average Bonchev–Trinajstić information content (AvgIpc) is 3.05. The zero-order valence-corrected chi connectivity index (χ0v) is 19.1. The molecule has 2 aliphatic heterocycles. The molecule has 1 amide bonds. The molecule has 0 saturated carbocycles. The standard InChI is InChI=1S/C24H34N2O2S/c1-15-9-17-12-24(3,4)13-18(10-15)26(17)22(27)11-16(2)19-14-25-20-7-6-8-21(23(19)20)28-29-5/h6-8,14-18,25H,9-13H2,1-5H3. The van der Waals surface area contributed by atoms with E-state index in [0.717, 1.165) is 48.3 Å². The van der Waals surface area contributed by atoms with Crippen LogP contribution in [0.3, 0.4) is 0 Å². The van der Waals surface area contributed by atoms with Crippen LogP contribution < -0.4 is 4.18 Å². The molecule has 3 heterocycles. The lowest BCUT2D eigenvalue weighted by Crippen LogP contribution is -2.58. The Morgan fingerprint density at radius 3 is 2.66 bits per heavy atom. The third-order valence-corrected chi connectivity index (χ3v) is 7.23. The highest BCUT2D eigenvalue weighted by molar-refractivity contribution is 7.94. The van der Waals surface area contributed by atoms with Gasteiger partial charge in [-0.3, -0.25) is 4.79 Å². The van der Waals surface area contributed by atoms with E-state index < -0.39 is 0 Å². The summed E-state index contributed by atoms with van der Waals surface area (Å²) in [5.74, 6) is 2.07. The van der Waals surface area contributed by atoms with E-state index in [1.54, 1.807) is 0 Å². The number of benzene rings is 1. The maximum Gasteiger partial charge on any atom is 0.223 e. The number of carbonyl (C=O) groups excluding carboxylic acids is 1. The topological polar surface area (TPSA) is 45.3 Å². The molecule has 2 aliphatic rings. The molecule has 3 unspecified atom stereocenters. The monoisotopic (exact) mass is 414 g/mol. The van der Waals surface area contributed by atoms with Crippen molar-refractivity contribution in [3.05, 3.63) is 30.0 Å². The molecule has 0 aliphatic carbocycles. The first kappa shape index (κ1) is 20.6. The fraction of sp³-hybridized carbons (Fsp3) is 0.625. The first-order valence-electron chi connectivity index (χ1n) is 10.9. The van der Waals surface area contributed by atoms with Crippen LogP contribution in [-0.2, 0) is 4.79 Å². The molecule has 1 aromatic heterocycles. The van der Waals surface area contributed by atoms with Crippen molar-refractivity contribution in [1.82, 2.24) is 9.88 Å². The smallest absolute Gasteiger partial charge is 0.223 e. The van der Waals surface area contributed by atoms with Gasteiger partial charge in [0.15, 0.2) is 0 Å². The van der Waals surface area contributed by atoms with Crippen LogP contribution in [0.1, 0.15) is 71.3 Å². The summed E-state index contributed by atoms with van der Waals surface area (Å²) in [6.07, 6.45) is 9.10.